The maximum absolute atomic E-state index is 13.6. The zero-order valence-corrected chi connectivity index (χ0v) is 13.6. The first-order valence-electron chi connectivity index (χ1n) is 6.16. The first kappa shape index (κ1) is 16.5. The number of benzene rings is 1. The molecule has 0 aliphatic carbocycles. The van der Waals surface area contributed by atoms with Gasteiger partial charge in [-0.1, -0.05) is 11.6 Å². The number of hydrogen-bond donors (Lipinski definition) is 1. The minimum absolute atomic E-state index is 0.00650. The summed E-state index contributed by atoms with van der Waals surface area (Å²) in [5.41, 5.74) is 1.15. The van der Waals surface area contributed by atoms with E-state index in [0.717, 1.165) is 6.26 Å². The number of nitrogens with zero attached hydrogens (tertiary/aromatic N) is 2. The van der Waals surface area contributed by atoms with E-state index in [1.165, 1.54) is 12.1 Å². The van der Waals surface area contributed by atoms with Gasteiger partial charge in [-0.25, -0.2) is 22.5 Å². The minimum atomic E-state index is -3.21. The monoisotopic (exact) mass is 353 g/mol. The molecule has 0 bridgehead atoms. The molecule has 0 unspecified atom stereocenters. The van der Waals surface area contributed by atoms with E-state index in [0.29, 0.717) is 29.8 Å². The van der Waals surface area contributed by atoms with Gasteiger partial charge in [-0.2, -0.15) is 0 Å². The molecule has 0 radical (unpaired) electrons. The van der Waals surface area contributed by atoms with Gasteiger partial charge in [0.1, 0.15) is 11.6 Å². The summed E-state index contributed by atoms with van der Waals surface area (Å²) >= 11 is 11.6. The van der Waals surface area contributed by atoms with Crippen LogP contribution in [0.15, 0.2) is 12.1 Å². The molecule has 2 aromatic rings. The first-order chi connectivity index (χ1) is 9.81. The molecule has 0 saturated heterocycles. The maximum Gasteiger partial charge on any atom is 0.208 e. The predicted molar refractivity (Wildman–Crippen MR) is 81.7 cm³/mol. The molecule has 116 valence electrons. The molecule has 1 heterocycles. The Balaban J connectivity index is 2.23. The predicted octanol–water partition coefficient (Wildman–Crippen LogP) is 2.51. The fourth-order valence-electron chi connectivity index (χ4n) is 2.02. The Morgan fingerprint density at radius 3 is 2.76 bits per heavy atom. The SMILES string of the molecule is CS(=O)(=O)NCCCn1c(CCl)nc2cc(Cl)c(F)cc21. The summed E-state index contributed by atoms with van der Waals surface area (Å²) in [5.74, 6) is 0.237. The Morgan fingerprint density at radius 2 is 2.14 bits per heavy atom. The number of alkyl halides is 1. The average Bonchev–Trinajstić information content (AvgIpc) is 2.71. The van der Waals surface area contributed by atoms with Crippen molar-refractivity contribution in [2.24, 2.45) is 0 Å². The Kier molecular flexibility index (Phi) is 5.08. The van der Waals surface area contributed by atoms with Crippen molar-refractivity contribution in [2.75, 3.05) is 12.8 Å². The van der Waals surface area contributed by atoms with Crippen LogP contribution < -0.4 is 4.72 Å². The third-order valence-electron chi connectivity index (χ3n) is 2.91. The van der Waals surface area contributed by atoms with E-state index >= 15 is 0 Å². The molecule has 1 aromatic carbocycles. The molecule has 0 amide bonds. The Morgan fingerprint density at radius 1 is 1.43 bits per heavy atom. The van der Waals surface area contributed by atoms with Crippen molar-refractivity contribution in [1.29, 1.82) is 0 Å². The topological polar surface area (TPSA) is 64.0 Å². The zero-order chi connectivity index (χ0) is 15.6. The molecule has 0 aliphatic heterocycles. The Bertz CT molecular complexity index is 761. The summed E-state index contributed by atoms with van der Waals surface area (Å²) in [4.78, 5) is 4.30. The van der Waals surface area contributed by atoms with Crippen LogP contribution in [0, 0.1) is 5.82 Å². The van der Waals surface area contributed by atoms with Crippen molar-refractivity contribution >= 4 is 44.3 Å². The molecule has 5 nitrogen and oxygen atoms in total. The van der Waals surface area contributed by atoms with E-state index in [-0.39, 0.29) is 17.4 Å². The number of imidazole rings is 1. The molecule has 0 fully saturated rings. The maximum atomic E-state index is 13.6. The highest BCUT2D eigenvalue weighted by molar-refractivity contribution is 7.88. The minimum Gasteiger partial charge on any atom is -0.327 e. The Hall–Kier alpha value is -0.890. The molecule has 0 saturated carbocycles. The molecular weight excluding hydrogens is 340 g/mol. The summed E-state index contributed by atoms with van der Waals surface area (Å²) in [5, 5.41) is 0.00650. The van der Waals surface area contributed by atoms with Gasteiger partial charge in [-0.15, -0.1) is 11.6 Å². The number of aromatic nitrogens is 2. The third-order valence-corrected chi connectivity index (χ3v) is 4.17. The zero-order valence-electron chi connectivity index (χ0n) is 11.2. The fourth-order valence-corrected chi connectivity index (χ4v) is 2.89. The third kappa shape index (κ3) is 4.06. The van der Waals surface area contributed by atoms with Gasteiger partial charge in [0.05, 0.1) is 28.2 Å². The van der Waals surface area contributed by atoms with Gasteiger partial charge >= 0.3 is 0 Å². The van der Waals surface area contributed by atoms with Gasteiger partial charge in [0.15, 0.2) is 0 Å². The number of sulfonamides is 1. The van der Waals surface area contributed by atoms with Gasteiger partial charge in [-0.3, -0.25) is 0 Å². The number of rotatable bonds is 6. The van der Waals surface area contributed by atoms with Crippen LogP contribution in [0.4, 0.5) is 4.39 Å². The van der Waals surface area contributed by atoms with Gasteiger partial charge in [0.2, 0.25) is 10.0 Å². The van der Waals surface area contributed by atoms with E-state index < -0.39 is 15.8 Å². The second-order valence-corrected chi connectivity index (χ2v) is 7.10. The summed E-state index contributed by atoms with van der Waals surface area (Å²) in [6.07, 6.45) is 1.63. The van der Waals surface area contributed by atoms with Crippen LogP contribution in [0.2, 0.25) is 5.02 Å². The second-order valence-electron chi connectivity index (χ2n) is 4.59. The lowest BCUT2D eigenvalue weighted by atomic mass is 10.3. The Labute approximate surface area is 132 Å². The fraction of sp³-hybridized carbons (Fsp3) is 0.417. The highest BCUT2D eigenvalue weighted by atomic mass is 35.5. The lowest BCUT2D eigenvalue weighted by Crippen LogP contribution is -2.24. The van der Waals surface area contributed by atoms with Crippen LogP contribution in [0.5, 0.6) is 0 Å². The van der Waals surface area contributed by atoms with Gasteiger partial charge in [-0.05, 0) is 12.5 Å². The van der Waals surface area contributed by atoms with Crippen LogP contribution in [0.3, 0.4) is 0 Å². The van der Waals surface area contributed by atoms with E-state index in [1.807, 2.05) is 0 Å². The van der Waals surface area contributed by atoms with Crippen LogP contribution in [-0.2, 0) is 22.4 Å². The van der Waals surface area contributed by atoms with Crippen molar-refractivity contribution in [2.45, 2.75) is 18.8 Å². The molecule has 9 heteroatoms. The molecule has 2 rings (SSSR count). The highest BCUT2D eigenvalue weighted by Gasteiger charge is 2.13. The van der Waals surface area contributed by atoms with Gasteiger partial charge in [0.25, 0.3) is 0 Å². The van der Waals surface area contributed by atoms with Crippen LogP contribution >= 0.6 is 23.2 Å². The van der Waals surface area contributed by atoms with E-state index in [4.69, 9.17) is 23.2 Å². The lowest BCUT2D eigenvalue weighted by molar-refractivity contribution is 0.575. The number of halogens is 3. The smallest absolute Gasteiger partial charge is 0.208 e. The summed E-state index contributed by atoms with van der Waals surface area (Å²) in [6.45, 7) is 0.762. The number of nitrogens with one attached hydrogen (secondary N) is 1. The number of aryl methyl sites for hydroxylation is 1. The second kappa shape index (κ2) is 6.48. The first-order valence-corrected chi connectivity index (χ1v) is 8.97. The summed E-state index contributed by atoms with van der Waals surface area (Å²) in [6, 6.07) is 2.76. The quantitative estimate of drug-likeness (QED) is 0.640. The largest absolute Gasteiger partial charge is 0.327 e. The van der Waals surface area contributed by atoms with Gasteiger partial charge < -0.3 is 4.57 Å². The standard InChI is InChI=1S/C12H14Cl2FN3O2S/c1-21(19,20)16-3-2-4-18-11-6-9(15)8(14)5-10(11)17-12(18)7-13/h5-6,16H,2-4,7H2,1H3. The van der Waals surface area contributed by atoms with Crippen LogP contribution in [0.25, 0.3) is 11.0 Å². The van der Waals surface area contributed by atoms with E-state index in [9.17, 15) is 12.8 Å². The van der Waals surface area contributed by atoms with E-state index in [1.54, 1.807) is 4.57 Å². The molecule has 1 N–H and O–H groups in total. The van der Waals surface area contributed by atoms with Crippen molar-refractivity contribution in [3.63, 3.8) is 0 Å². The molecule has 21 heavy (non-hydrogen) atoms. The molecular formula is C12H14Cl2FN3O2S. The average molecular weight is 354 g/mol. The molecule has 0 atom stereocenters. The number of hydrogen-bond acceptors (Lipinski definition) is 3. The van der Waals surface area contributed by atoms with Crippen molar-refractivity contribution < 1.29 is 12.8 Å². The molecule has 1 aromatic heterocycles. The number of fused-ring (bicyclic) bond motifs is 1. The molecule has 0 spiro atoms. The summed E-state index contributed by atoms with van der Waals surface area (Å²) < 4.78 is 39.7. The van der Waals surface area contributed by atoms with Crippen molar-refractivity contribution in [3.8, 4) is 0 Å². The highest BCUT2D eigenvalue weighted by Crippen LogP contribution is 2.24. The lowest BCUT2D eigenvalue weighted by Gasteiger charge is -2.08. The van der Waals surface area contributed by atoms with E-state index in [2.05, 4.69) is 9.71 Å². The van der Waals surface area contributed by atoms with Gasteiger partial charge in [0, 0.05) is 19.2 Å². The normalized spacial score (nSPS) is 12.2. The van der Waals surface area contributed by atoms with Crippen LogP contribution in [0.1, 0.15) is 12.2 Å². The van der Waals surface area contributed by atoms with Crippen molar-refractivity contribution in [3.05, 3.63) is 28.8 Å². The summed E-state index contributed by atoms with van der Waals surface area (Å²) in [7, 11) is -3.21. The molecule has 0 aliphatic rings. The van der Waals surface area contributed by atoms with Crippen LogP contribution in [-0.4, -0.2) is 30.8 Å². The van der Waals surface area contributed by atoms with Crippen molar-refractivity contribution in [1.82, 2.24) is 14.3 Å².